The van der Waals surface area contributed by atoms with Crippen LogP contribution in [0.1, 0.15) is 19.8 Å². The van der Waals surface area contributed by atoms with Crippen molar-refractivity contribution in [1.29, 1.82) is 0 Å². The summed E-state index contributed by atoms with van der Waals surface area (Å²) in [5.41, 5.74) is -0.0911. The molecule has 10 heteroatoms. The fraction of sp³-hybridized carbons (Fsp3) is 0.389. The number of allylic oxidation sites excluding steroid dienone is 4. The zero-order chi connectivity index (χ0) is 20.1. The predicted octanol–water partition coefficient (Wildman–Crippen LogP) is 4.19. The molecule has 6 nitrogen and oxygen atoms in total. The molecule has 1 fully saturated rings. The number of piperidine rings is 1. The predicted molar refractivity (Wildman–Crippen MR) is 105 cm³/mol. The Kier molecular flexibility index (Phi) is 6.40. The summed E-state index contributed by atoms with van der Waals surface area (Å²) in [6, 6.07) is 0.307. The summed E-state index contributed by atoms with van der Waals surface area (Å²) < 4.78 is 39.2. The Bertz CT molecular complexity index is 896. The van der Waals surface area contributed by atoms with Crippen molar-refractivity contribution >= 4 is 29.0 Å². The Morgan fingerprint density at radius 2 is 2.07 bits per heavy atom. The van der Waals surface area contributed by atoms with Gasteiger partial charge in [-0.2, -0.15) is 18.2 Å². The van der Waals surface area contributed by atoms with Crippen LogP contribution in [0.5, 0.6) is 0 Å². The van der Waals surface area contributed by atoms with Crippen molar-refractivity contribution in [3.63, 3.8) is 0 Å². The molecule has 0 radical (unpaired) electrons. The molecule has 2 aromatic rings. The lowest BCUT2D eigenvalue weighted by Crippen LogP contribution is -2.35. The van der Waals surface area contributed by atoms with Crippen molar-refractivity contribution < 1.29 is 13.2 Å². The van der Waals surface area contributed by atoms with E-state index in [9.17, 15) is 13.2 Å². The lowest BCUT2D eigenvalue weighted by atomic mass is 10.1. The van der Waals surface area contributed by atoms with E-state index in [1.165, 1.54) is 18.3 Å². The number of fused-ring (bicyclic) bond motifs is 1. The van der Waals surface area contributed by atoms with Crippen molar-refractivity contribution in [3.8, 4) is 0 Å². The number of hydrogen-bond donors (Lipinski definition) is 3. The van der Waals surface area contributed by atoms with Crippen LogP contribution in [-0.2, 0) is 0 Å². The number of hydrogen-bond acceptors (Lipinski definition) is 6. The summed E-state index contributed by atoms with van der Waals surface area (Å²) in [5, 5.41) is 6.92. The van der Waals surface area contributed by atoms with E-state index in [4.69, 9.17) is 0 Å². The smallest absolute Gasteiger partial charge is 0.353 e. The second kappa shape index (κ2) is 8.78. The molecule has 3 heterocycles. The molecule has 150 valence electrons. The highest BCUT2D eigenvalue weighted by molar-refractivity contribution is 8.03. The minimum absolute atomic E-state index is 0.0390. The lowest BCUT2D eigenvalue weighted by Gasteiger charge is -2.23. The molecule has 0 spiro atoms. The topological polar surface area (TPSA) is 78.5 Å². The van der Waals surface area contributed by atoms with Crippen LogP contribution >= 0.6 is 11.8 Å². The van der Waals surface area contributed by atoms with Gasteiger partial charge in [-0.1, -0.05) is 30.5 Å². The Hall–Kier alpha value is -2.33. The van der Waals surface area contributed by atoms with Gasteiger partial charge in [0.15, 0.2) is 11.3 Å². The number of imidazole rings is 1. The van der Waals surface area contributed by atoms with E-state index in [0.29, 0.717) is 28.3 Å². The highest BCUT2D eigenvalue weighted by Crippen LogP contribution is 2.38. The first-order chi connectivity index (χ1) is 13.4. The van der Waals surface area contributed by atoms with E-state index < -0.39 is 11.7 Å². The third kappa shape index (κ3) is 5.14. The number of thioether (sulfide) groups is 1. The molecular formula is C18H21F3N6S. The van der Waals surface area contributed by atoms with Gasteiger partial charge in [-0.25, -0.2) is 9.97 Å². The average molecular weight is 410 g/mol. The van der Waals surface area contributed by atoms with Crippen LogP contribution in [0.25, 0.3) is 11.3 Å². The van der Waals surface area contributed by atoms with E-state index in [0.717, 1.165) is 37.7 Å². The molecule has 0 amide bonds. The molecule has 0 atom stereocenters. The minimum atomic E-state index is -4.52. The quantitative estimate of drug-likeness (QED) is 0.490. The minimum Gasteiger partial charge on any atom is -0.353 e. The van der Waals surface area contributed by atoms with Crippen molar-refractivity contribution in [3.05, 3.63) is 41.5 Å². The molecule has 2 aromatic heterocycles. The van der Waals surface area contributed by atoms with Gasteiger partial charge in [0.1, 0.15) is 5.03 Å². The van der Waals surface area contributed by atoms with Crippen molar-refractivity contribution in [2.75, 3.05) is 18.4 Å². The second-order valence-electron chi connectivity index (χ2n) is 6.27. The first-order valence-corrected chi connectivity index (χ1v) is 9.66. The molecule has 0 bridgehead atoms. The largest absolute Gasteiger partial charge is 0.416 e. The normalized spacial score (nSPS) is 16.8. The Labute approximate surface area is 164 Å². The van der Waals surface area contributed by atoms with Gasteiger partial charge in [0, 0.05) is 10.9 Å². The summed E-state index contributed by atoms with van der Waals surface area (Å²) in [6.45, 7) is 6.79. The maximum atomic E-state index is 13.1. The monoisotopic (exact) mass is 410 g/mol. The van der Waals surface area contributed by atoms with E-state index in [1.807, 2.05) is 0 Å². The molecule has 0 unspecified atom stereocenters. The molecular weight excluding hydrogens is 389 g/mol. The fourth-order valence-electron chi connectivity index (χ4n) is 2.69. The SMILES string of the molecule is C=C(/C(=C\C=C/C)Sc1cnc2[nH]c(NC3CCNCC3)nc2n1)C(F)(F)F. The highest BCUT2D eigenvalue weighted by Gasteiger charge is 2.34. The van der Waals surface area contributed by atoms with E-state index in [-0.39, 0.29) is 4.91 Å². The van der Waals surface area contributed by atoms with Gasteiger partial charge in [-0.3, -0.25) is 0 Å². The number of nitrogens with one attached hydrogen (secondary N) is 3. The van der Waals surface area contributed by atoms with Crippen LogP contribution in [0, 0.1) is 0 Å². The van der Waals surface area contributed by atoms with Crippen molar-refractivity contribution in [2.24, 2.45) is 0 Å². The Morgan fingerprint density at radius 3 is 2.75 bits per heavy atom. The van der Waals surface area contributed by atoms with E-state index >= 15 is 0 Å². The highest BCUT2D eigenvalue weighted by atomic mass is 32.2. The molecule has 1 aliphatic heterocycles. The Balaban J connectivity index is 1.79. The van der Waals surface area contributed by atoms with Crippen LogP contribution in [0.4, 0.5) is 19.1 Å². The third-order valence-electron chi connectivity index (χ3n) is 4.16. The van der Waals surface area contributed by atoms with Gasteiger partial charge in [0.05, 0.1) is 11.8 Å². The van der Waals surface area contributed by atoms with Crippen molar-refractivity contribution in [1.82, 2.24) is 25.3 Å². The maximum absolute atomic E-state index is 13.1. The second-order valence-corrected chi connectivity index (χ2v) is 7.33. The van der Waals surface area contributed by atoms with Gasteiger partial charge < -0.3 is 15.6 Å². The van der Waals surface area contributed by atoms with Gasteiger partial charge in [0.25, 0.3) is 0 Å². The van der Waals surface area contributed by atoms with Gasteiger partial charge >= 0.3 is 6.18 Å². The number of nitrogens with zero attached hydrogens (tertiary/aromatic N) is 3. The van der Waals surface area contributed by atoms with Crippen LogP contribution in [0.3, 0.4) is 0 Å². The van der Waals surface area contributed by atoms with Crippen LogP contribution in [-0.4, -0.2) is 45.2 Å². The molecule has 3 rings (SSSR count). The van der Waals surface area contributed by atoms with Crippen molar-refractivity contribution in [2.45, 2.75) is 37.0 Å². The van der Waals surface area contributed by atoms with Crippen LogP contribution < -0.4 is 10.6 Å². The lowest BCUT2D eigenvalue weighted by molar-refractivity contribution is -0.0881. The number of anilines is 1. The molecule has 28 heavy (non-hydrogen) atoms. The van der Waals surface area contributed by atoms with Gasteiger partial charge in [0.2, 0.25) is 5.95 Å². The van der Waals surface area contributed by atoms with Crippen LogP contribution in [0.15, 0.2) is 46.5 Å². The number of aromatic nitrogens is 4. The van der Waals surface area contributed by atoms with Crippen LogP contribution in [0.2, 0.25) is 0 Å². The first kappa shape index (κ1) is 20.4. The van der Waals surface area contributed by atoms with Gasteiger partial charge in [-0.05, 0) is 38.9 Å². The Morgan fingerprint density at radius 1 is 1.32 bits per heavy atom. The zero-order valence-electron chi connectivity index (χ0n) is 15.3. The molecule has 0 aliphatic carbocycles. The zero-order valence-corrected chi connectivity index (χ0v) is 16.1. The average Bonchev–Trinajstić information content (AvgIpc) is 3.06. The summed E-state index contributed by atoms with van der Waals surface area (Å²) in [6.07, 6.45) is 3.41. The molecule has 1 aliphatic rings. The number of aromatic amines is 1. The standard InChI is InChI=1S/C18H21F3N6S/c1-3-4-5-13(11(2)18(19,20)21)28-14-10-23-15-16(25-14)27-17(26-15)24-12-6-8-22-9-7-12/h3-5,10,12,22H,2,6-9H2,1H3,(H2,23,24,25,26,27)/b4-3-,13-5+. The number of rotatable bonds is 6. The molecule has 3 N–H and O–H groups in total. The fourth-order valence-corrected chi connectivity index (χ4v) is 3.53. The molecule has 0 aromatic carbocycles. The van der Waals surface area contributed by atoms with Gasteiger partial charge in [-0.15, -0.1) is 0 Å². The molecule has 1 saturated heterocycles. The first-order valence-electron chi connectivity index (χ1n) is 8.84. The van der Waals surface area contributed by atoms with E-state index in [2.05, 4.69) is 37.1 Å². The summed E-state index contributed by atoms with van der Waals surface area (Å²) >= 11 is 0.858. The maximum Gasteiger partial charge on any atom is 0.416 e. The number of halogens is 3. The summed E-state index contributed by atoms with van der Waals surface area (Å²) in [7, 11) is 0. The summed E-state index contributed by atoms with van der Waals surface area (Å²) in [5.74, 6) is 0.563. The summed E-state index contributed by atoms with van der Waals surface area (Å²) in [4.78, 5) is 16.0. The number of alkyl halides is 3. The third-order valence-corrected chi connectivity index (χ3v) is 5.17. The van der Waals surface area contributed by atoms with E-state index in [1.54, 1.807) is 13.0 Å². The number of H-pyrrole nitrogens is 1. The molecule has 0 saturated carbocycles.